The van der Waals surface area contributed by atoms with Gasteiger partial charge in [0.2, 0.25) is 0 Å². The maximum atomic E-state index is 11.9. The number of amides is 1. The molecule has 1 aliphatic rings. The van der Waals surface area contributed by atoms with Crippen LogP contribution in [0.1, 0.15) is 18.4 Å². The number of hydrogen-bond acceptors (Lipinski definition) is 4. The third kappa shape index (κ3) is 4.64. The lowest BCUT2D eigenvalue weighted by Crippen LogP contribution is -2.47. The summed E-state index contributed by atoms with van der Waals surface area (Å²) in [6.45, 7) is 1.24. The lowest BCUT2D eigenvalue weighted by atomic mass is 10.1. The molecule has 1 aromatic rings. The third-order valence-corrected chi connectivity index (χ3v) is 3.29. The molecular formula is C14H18N4O2S. The number of hydrazine groups is 1. The minimum absolute atomic E-state index is 0.0660. The maximum absolute atomic E-state index is 11.9. The van der Waals surface area contributed by atoms with Gasteiger partial charge in [0.15, 0.2) is 11.0 Å². The van der Waals surface area contributed by atoms with E-state index in [1.54, 1.807) is 0 Å². The zero-order valence-corrected chi connectivity index (χ0v) is 12.3. The highest BCUT2D eigenvalue weighted by Gasteiger charge is 2.18. The third-order valence-electron chi connectivity index (χ3n) is 3.04. The number of rotatable bonds is 3. The van der Waals surface area contributed by atoms with Crippen molar-refractivity contribution in [2.24, 2.45) is 0 Å². The van der Waals surface area contributed by atoms with Gasteiger partial charge in [-0.3, -0.25) is 15.6 Å². The first-order valence-electron chi connectivity index (χ1n) is 6.71. The average molecular weight is 306 g/mol. The Morgan fingerprint density at radius 2 is 2.05 bits per heavy atom. The number of aliphatic hydroxyl groups excluding tert-OH is 1. The van der Waals surface area contributed by atoms with E-state index in [0.717, 1.165) is 12.0 Å². The van der Waals surface area contributed by atoms with Gasteiger partial charge in [0.1, 0.15) is 0 Å². The number of hydrogen-bond donors (Lipinski definition) is 5. The highest BCUT2D eigenvalue weighted by molar-refractivity contribution is 7.80. The fourth-order valence-electron chi connectivity index (χ4n) is 1.93. The number of thiocarbonyl (C=S) groups is 1. The Labute approximate surface area is 128 Å². The highest BCUT2D eigenvalue weighted by atomic mass is 32.1. The number of carbonyl (C=O) groups excluding carboxylic acids is 1. The zero-order valence-electron chi connectivity index (χ0n) is 11.5. The highest BCUT2D eigenvalue weighted by Crippen LogP contribution is 2.12. The van der Waals surface area contributed by atoms with Gasteiger partial charge in [0.25, 0.3) is 5.91 Å². The van der Waals surface area contributed by atoms with Gasteiger partial charge in [-0.25, -0.2) is 0 Å². The summed E-state index contributed by atoms with van der Waals surface area (Å²) >= 11 is 5.07. The second kappa shape index (κ2) is 7.49. The molecule has 1 aliphatic heterocycles. The summed E-state index contributed by atoms with van der Waals surface area (Å²) in [7, 11) is 0. The Morgan fingerprint density at radius 1 is 1.29 bits per heavy atom. The first-order chi connectivity index (χ1) is 10.2. The number of aliphatic hydroxyl groups is 1. The number of nitrogens with one attached hydrogen (secondary N) is 4. The van der Waals surface area contributed by atoms with Crippen LogP contribution in [0.4, 0.5) is 0 Å². The molecule has 0 aliphatic carbocycles. The largest absolute Gasteiger partial charge is 0.494 e. The van der Waals surface area contributed by atoms with Crippen LogP contribution < -0.4 is 21.5 Å². The summed E-state index contributed by atoms with van der Waals surface area (Å²) in [5, 5.41) is 15.6. The molecule has 0 atom stereocenters. The van der Waals surface area contributed by atoms with Crippen molar-refractivity contribution in [3.8, 4) is 0 Å². The molecule has 1 amide bonds. The molecule has 0 saturated heterocycles. The fourth-order valence-corrected chi connectivity index (χ4v) is 2.05. The van der Waals surface area contributed by atoms with Gasteiger partial charge in [-0.1, -0.05) is 30.3 Å². The average Bonchev–Trinajstić information content (AvgIpc) is 2.52. The van der Waals surface area contributed by atoms with E-state index < -0.39 is 0 Å². The summed E-state index contributed by atoms with van der Waals surface area (Å²) in [6, 6.07) is 9.79. The molecule has 5 N–H and O–H groups in total. The monoisotopic (exact) mass is 306 g/mol. The van der Waals surface area contributed by atoms with Crippen molar-refractivity contribution in [2.45, 2.75) is 19.4 Å². The molecule has 0 unspecified atom stereocenters. The SMILES string of the molecule is O=C(NNC(=S)NCc1ccccc1)C1=C(O)NCCC1. The summed E-state index contributed by atoms with van der Waals surface area (Å²) in [4.78, 5) is 11.9. The zero-order chi connectivity index (χ0) is 15.1. The number of benzene rings is 1. The smallest absolute Gasteiger partial charge is 0.270 e. The fraction of sp³-hybridized carbons (Fsp3) is 0.286. The van der Waals surface area contributed by atoms with Crippen molar-refractivity contribution < 1.29 is 9.90 Å². The molecule has 1 aromatic carbocycles. The summed E-state index contributed by atoms with van der Waals surface area (Å²) in [5.74, 6) is -0.452. The van der Waals surface area contributed by atoms with E-state index in [9.17, 15) is 9.90 Å². The van der Waals surface area contributed by atoms with Crippen LogP contribution >= 0.6 is 12.2 Å². The summed E-state index contributed by atoms with van der Waals surface area (Å²) < 4.78 is 0. The molecule has 7 heteroatoms. The Kier molecular flexibility index (Phi) is 5.39. The summed E-state index contributed by atoms with van der Waals surface area (Å²) in [5.41, 5.74) is 6.51. The van der Waals surface area contributed by atoms with Gasteiger partial charge in [0, 0.05) is 13.1 Å². The number of carbonyl (C=O) groups is 1. The van der Waals surface area contributed by atoms with E-state index in [4.69, 9.17) is 12.2 Å². The lowest BCUT2D eigenvalue weighted by Gasteiger charge is -2.18. The van der Waals surface area contributed by atoms with E-state index in [1.165, 1.54) is 0 Å². The molecule has 0 aromatic heterocycles. The van der Waals surface area contributed by atoms with Crippen molar-refractivity contribution in [2.75, 3.05) is 6.54 Å². The molecule has 21 heavy (non-hydrogen) atoms. The molecule has 0 fully saturated rings. The van der Waals surface area contributed by atoms with Gasteiger partial charge < -0.3 is 15.7 Å². The lowest BCUT2D eigenvalue weighted by molar-refractivity contribution is -0.118. The molecule has 6 nitrogen and oxygen atoms in total. The van der Waals surface area contributed by atoms with Crippen LogP contribution in [0.5, 0.6) is 0 Å². The quantitative estimate of drug-likeness (QED) is 0.420. The minimum Gasteiger partial charge on any atom is -0.494 e. The van der Waals surface area contributed by atoms with E-state index in [0.29, 0.717) is 30.2 Å². The molecule has 0 bridgehead atoms. The topological polar surface area (TPSA) is 85.4 Å². The molecule has 2 rings (SSSR count). The maximum Gasteiger partial charge on any atom is 0.270 e. The minimum atomic E-state index is -0.386. The van der Waals surface area contributed by atoms with Crippen molar-refractivity contribution in [1.82, 2.24) is 21.5 Å². The molecule has 112 valence electrons. The van der Waals surface area contributed by atoms with Crippen LogP contribution in [0, 0.1) is 0 Å². The van der Waals surface area contributed by atoms with Crippen molar-refractivity contribution in [3.63, 3.8) is 0 Å². The van der Waals surface area contributed by atoms with Crippen molar-refractivity contribution >= 4 is 23.2 Å². The molecule has 0 saturated carbocycles. The normalized spacial score (nSPS) is 14.1. The second-order valence-corrected chi connectivity index (χ2v) is 5.01. The van der Waals surface area contributed by atoms with Gasteiger partial charge in [-0.05, 0) is 30.6 Å². The van der Waals surface area contributed by atoms with Crippen LogP contribution in [-0.2, 0) is 11.3 Å². The van der Waals surface area contributed by atoms with Gasteiger partial charge in [-0.15, -0.1) is 0 Å². The Morgan fingerprint density at radius 3 is 2.76 bits per heavy atom. The molecule has 0 radical (unpaired) electrons. The second-order valence-electron chi connectivity index (χ2n) is 4.60. The first-order valence-corrected chi connectivity index (χ1v) is 7.12. The van der Waals surface area contributed by atoms with Crippen LogP contribution in [0.2, 0.25) is 0 Å². The van der Waals surface area contributed by atoms with Gasteiger partial charge in [0.05, 0.1) is 5.57 Å². The van der Waals surface area contributed by atoms with Crippen LogP contribution in [-0.4, -0.2) is 22.7 Å². The Bertz CT molecular complexity index is 545. The van der Waals surface area contributed by atoms with Crippen LogP contribution in [0.15, 0.2) is 41.8 Å². The van der Waals surface area contributed by atoms with Crippen molar-refractivity contribution in [3.05, 3.63) is 47.4 Å². The van der Waals surface area contributed by atoms with Gasteiger partial charge in [-0.2, -0.15) is 0 Å². The van der Waals surface area contributed by atoms with E-state index in [1.807, 2.05) is 30.3 Å². The molecule has 0 spiro atoms. The first kappa shape index (κ1) is 15.1. The van der Waals surface area contributed by atoms with E-state index >= 15 is 0 Å². The summed E-state index contributed by atoms with van der Waals surface area (Å²) in [6.07, 6.45) is 1.35. The molecular weight excluding hydrogens is 288 g/mol. The van der Waals surface area contributed by atoms with E-state index in [2.05, 4.69) is 21.5 Å². The van der Waals surface area contributed by atoms with Crippen molar-refractivity contribution in [1.29, 1.82) is 0 Å². The Balaban J connectivity index is 1.75. The Hall–Kier alpha value is -2.28. The van der Waals surface area contributed by atoms with Gasteiger partial charge >= 0.3 is 0 Å². The predicted octanol–water partition coefficient (Wildman–Crippen LogP) is 0.835. The van der Waals surface area contributed by atoms with E-state index in [-0.39, 0.29) is 11.8 Å². The standard InChI is InChI=1S/C14H18N4O2S/c19-12-11(7-4-8-15-12)13(20)17-18-14(21)16-9-10-5-2-1-3-6-10/h1-3,5-6,15,19H,4,7-9H2,(H,17,20)(H2,16,18,21). The molecule has 1 heterocycles. The predicted molar refractivity (Wildman–Crippen MR) is 84.0 cm³/mol. The van der Waals surface area contributed by atoms with Crippen LogP contribution in [0.3, 0.4) is 0 Å². The van der Waals surface area contributed by atoms with Crippen LogP contribution in [0.25, 0.3) is 0 Å².